The van der Waals surface area contributed by atoms with E-state index in [-0.39, 0.29) is 11.6 Å². The molecule has 8 heteroatoms. The molecule has 2 aromatic rings. The van der Waals surface area contributed by atoms with Crippen molar-refractivity contribution in [3.8, 4) is 17.4 Å². The van der Waals surface area contributed by atoms with Gasteiger partial charge in [-0.1, -0.05) is 12.1 Å². The van der Waals surface area contributed by atoms with Gasteiger partial charge in [-0.15, -0.1) is 23.4 Å². The second kappa shape index (κ2) is 5.64. The van der Waals surface area contributed by atoms with Crippen molar-refractivity contribution in [2.75, 3.05) is 12.4 Å². The van der Waals surface area contributed by atoms with Crippen molar-refractivity contribution in [2.24, 2.45) is 0 Å². The Bertz CT molecular complexity index is 573. The SMILES string of the molecule is CNc1ccc(Oc2ccccc2OC(F)(F)F)nn1. The molecule has 0 aliphatic heterocycles. The standard InChI is InChI=1S/C12H10F3N3O2/c1-16-10-6-7-11(18-17-10)19-8-4-2-3-5-9(8)20-12(13,14)15/h2-7H,1H3,(H,16,17). The van der Waals surface area contributed by atoms with Crippen LogP contribution < -0.4 is 14.8 Å². The minimum Gasteiger partial charge on any atom is -0.434 e. The summed E-state index contributed by atoms with van der Waals surface area (Å²) in [7, 11) is 1.66. The molecule has 0 aliphatic carbocycles. The largest absolute Gasteiger partial charge is 0.573 e. The molecular formula is C12H10F3N3O2. The molecule has 0 atom stereocenters. The van der Waals surface area contributed by atoms with Crippen LogP contribution >= 0.6 is 0 Å². The van der Waals surface area contributed by atoms with Crippen molar-refractivity contribution in [1.29, 1.82) is 0 Å². The first kappa shape index (κ1) is 13.9. The monoisotopic (exact) mass is 285 g/mol. The molecule has 0 saturated heterocycles. The van der Waals surface area contributed by atoms with E-state index in [0.717, 1.165) is 6.07 Å². The summed E-state index contributed by atoms with van der Waals surface area (Å²) in [5.74, 6) is 0.0234. The molecule has 0 fully saturated rings. The van der Waals surface area contributed by atoms with Crippen LogP contribution in [0.15, 0.2) is 36.4 Å². The van der Waals surface area contributed by atoms with Crippen LogP contribution in [0.1, 0.15) is 0 Å². The van der Waals surface area contributed by atoms with Crippen LogP contribution in [0, 0.1) is 0 Å². The third kappa shape index (κ3) is 3.74. The summed E-state index contributed by atoms with van der Waals surface area (Å²) >= 11 is 0. The number of hydrogen-bond acceptors (Lipinski definition) is 5. The highest BCUT2D eigenvalue weighted by Gasteiger charge is 2.32. The zero-order valence-corrected chi connectivity index (χ0v) is 10.3. The molecule has 0 radical (unpaired) electrons. The molecule has 20 heavy (non-hydrogen) atoms. The van der Waals surface area contributed by atoms with Gasteiger partial charge in [0, 0.05) is 13.1 Å². The molecule has 0 unspecified atom stereocenters. The van der Waals surface area contributed by atoms with Crippen molar-refractivity contribution in [3.05, 3.63) is 36.4 Å². The Morgan fingerprint density at radius 3 is 2.25 bits per heavy atom. The van der Waals surface area contributed by atoms with Crippen molar-refractivity contribution in [3.63, 3.8) is 0 Å². The van der Waals surface area contributed by atoms with Gasteiger partial charge in [-0.25, -0.2) is 0 Å². The molecule has 2 rings (SSSR count). The molecule has 106 valence electrons. The molecule has 0 amide bonds. The molecule has 0 spiro atoms. The van der Waals surface area contributed by atoms with Crippen LogP contribution in [0.3, 0.4) is 0 Å². The number of nitrogens with one attached hydrogen (secondary N) is 1. The number of ether oxygens (including phenoxy) is 2. The predicted octanol–water partition coefficient (Wildman–Crippen LogP) is 3.21. The van der Waals surface area contributed by atoms with E-state index in [4.69, 9.17) is 4.74 Å². The molecule has 0 aliphatic rings. The van der Waals surface area contributed by atoms with E-state index in [1.807, 2.05) is 0 Å². The van der Waals surface area contributed by atoms with Crippen molar-refractivity contribution < 1.29 is 22.6 Å². The molecule has 1 aromatic carbocycles. The fourth-order valence-electron chi connectivity index (χ4n) is 1.36. The number of hydrogen-bond donors (Lipinski definition) is 1. The smallest absolute Gasteiger partial charge is 0.434 e. The molecule has 1 N–H and O–H groups in total. The first-order valence-corrected chi connectivity index (χ1v) is 5.52. The summed E-state index contributed by atoms with van der Waals surface area (Å²) in [5.41, 5.74) is 0. The second-order valence-electron chi connectivity index (χ2n) is 3.60. The second-order valence-corrected chi connectivity index (χ2v) is 3.60. The Hall–Kier alpha value is -2.51. The van der Waals surface area contributed by atoms with E-state index in [9.17, 15) is 13.2 Å². The van der Waals surface area contributed by atoms with Crippen LogP contribution in [-0.2, 0) is 0 Å². The van der Waals surface area contributed by atoms with Crippen molar-refractivity contribution in [2.45, 2.75) is 6.36 Å². The Labute approximate surface area is 112 Å². The van der Waals surface area contributed by atoms with Crippen LogP contribution in [0.5, 0.6) is 17.4 Å². The highest BCUT2D eigenvalue weighted by Crippen LogP contribution is 2.34. The van der Waals surface area contributed by atoms with Gasteiger partial charge >= 0.3 is 6.36 Å². The van der Waals surface area contributed by atoms with Crippen LogP contribution in [0.4, 0.5) is 19.0 Å². The molecule has 1 heterocycles. The number of anilines is 1. The van der Waals surface area contributed by atoms with E-state index in [1.165, 1.54) is 24.3 Å². The van der Waals surface area contributed by atoms with Gasteiger partial charge in [-0.3, -0.25) is 0 Å². The maximum absolute atomic E-state index is 12.2. The lowest BCUT2D eigenvalue weighted by Crippen LogP contribution is -2.17. The Kier molecular flexibility index (Phi) is 3.92. The minimum atomic E-state index is -4.79. The summed E-state index contributed by atoms with van der Waals surface area (Å²) in [6.45, 7) is 0. The molecular weight excluding hydrogens is 275 g/mol. The molecule has 0 saturated carbocycles. The number of alkyl halides is 3. The third-order valence-electron chi connectivity index (χ3n) is 2.19. The number of nitrogens with zero attached hydrogens (tertiary/aromatic N) is 2. The third-order valence-corrected chi connectivity index (χ3v) is 2.19. The van der Waals surface area contributed by atoms with Gasteiger partial charge in [0.1, 0.15) is 5.82 Å². The maximum Gasteiger partial charge on any atom is 0.573 e. The number of benzene rings is 1. The summed E-state index contributed by atoms with van der Waals surface area (Å²) in [6, 6.07) is 8.48. The van der Waals surface area contributed by atoms with Crippen molar-refractivity contribution >= 4 is 5.82 Å². The summed E-state index contributed by atoms with van der Waals surface area (Å²) in [6.07, 6.45) is -4.79. The normalized spacial score (nSPS) is 11.0. The fraction of sp³-hybridized carbons (Fsp3) is 0.167. The van der Waals surface area contributed by atoms with Crippen LogP contribution in [-0.4, -0.2) is 23.6 Å². The first-order chi connectivity index (χ1) is 9.48. The van der Waals surface area contributed by atoms with Gasteiger partial charge in [0.2, 0.25) is 5.88 Å². The zero-order valence-electron chi connectivity index (χ0n) is 10.3. The van der Waals surface area contributed by atoms with Crippen molar-refractivity contribution in [1.82, 2.24) is 10.2 Å². The lowest BCUT2D eigenvalue weighted by molar-refractivity contribution is -0.275. The molecule has 5 nitrogen and oxygen atoms in total. The van der Waals surface area contributed by atoms with Gasteiger partial charge in [0.05, 0.1) is 0 Å². The Morgan fingerprint density at radius 2 is 1.70 bits per heavy atom. The van der Waals surface area contributed by atoms with Gasteiger partial charge in [0.15, 0.2) is 11.5 Å². The predicted molar refractivity (Wildman–Crippen MR) is 64.8 cm³/mol. The number of para-hydroxylation sites is 2. The number of aromatic nitrogens is 2. The van der Waals surface area contributed by atoms with E-state index in [2.05, 4.69) is 20.3 Å². The van der Waals surface area contributed by atoms with Gasteiger partial charge in [-0.2, -0.15) is 0 Å². The van der Waals surface area contributed by atoms with Gasteiger partial charge < -0.3 is 14.8 Å². The van der Waals surface area contributed by atoms with E-state index in [0.29, 0.717) is 5.82 Å². The lowest BCUT2D eigenvalue weighted by Gasteiger charge is -2.13. The number of rotatable bonds is 4. The fourth-order valence-corrected chi connectivity index (χ4v) is 1.36. The van der Waals surface area contributed by atoms with Crippen LogP contribution in [0.25, 0.3) is 0 Å². The maximum atomic E-state index is 12.2. The highest BCUT2D eigenvalue weighted by atomic mass is 19.4. The van der Waals surface area contributed by atoms with E-state index >= 15 is 0 Å². The van der Waals surface area contributed by atoms with Gasteiger partial charge in [-0.05, 0) is 18.2 Å². The van der Waals surface area contributed by atoms with E-state index < -0.39 is 12.1 Å². The minimum absolute atomic E-state index is 0.0576. The quantitative estimate of drug-likeness (QED) is 0.934. The topological polar surface area (TPSA) is 56.3 Å². The summed E-state index contributed by atoms with van der Waals surface area (Å²) < 4.78 is 45.8. The first-order valence-electron chi connectivity index (χ1n) is 5.52. The van der Waals surface area contributed by atoms with E-state index in [1.54, 1.807) is 13.1 Å². The average molecular weight is 285 g/mol. The molecule has 1 aromatic heterocycles. The molecule has 0 bridgehead atoms. The van der Waals surface area contributed by atoms with Gasteiger partial charge in [0.25, 0.3) is 0 Å². The summed E-state index contributed by atoms with van der Waals surface area (Å²) in [4.78, 5) is 0. The summed E-state index contributed by atoms with van der Waals surface area (Å²) in [5, 5.41) is 10.2. The number of halogens is 3. The average Bonchev–Trinajstić information content (AvgIpc) is 2.40. The zero-order chi connectivity index (χ0) is 14.6. The lowest BCUT2D eigenvalue weighted by atomic mass is 10.3. The highest BCUT2D eigenvalue weighted by molar-refractivity contribution is 5.42. The Balaban J connectivity index is 2.19. The Morgan fingerprint density at radius 1 is 1.00 bits per heavy atom. The van der Waals surface area contributed by atoms with Crippen LogP contribution in [0.2, 0.25) is 0 Å².